The molecule has 1 aliphatic heterocycles. The second kappa shape index (κ2) is 4.63. The Kier molecular flexibility index (Phi) is 2.75. The molecule has 0 saturated heterocycles. The Bertz CT molecular complexity index is 677. The lowest BCUT2D eigenvalue weighted by Gasteiger charge is -2.24. The summed E-state index contributed by atoms with van der Waals surface area (Å²) < 4.78 is 5.44. The van der Waals surface area contributed by atoms with E-state index in [0.29, 0.717) is 23.8 Å². The molecule has 1 amide bonds. The number of hydrogen-bond donors (Lipinski definition) is 2. The summed E-state index contributed by atoms with van der Waals surface area (Å²) in [7, 11) is 0. The van der Waals surface area contributed by atoms with Gasteiger partial charge in [-0.15, -0.1) is 0 Å². The molecule has 2 aromatic rings. The van der Waals surface area contributed by atoms with E-state index in [-0.39, 0.29) is 5.91 Å². The number of rotatable bonds is 4. The largest absolute Gasteiger partial charge is 0.467 e. The van der Waals surface area contributed by atoms with Crippen LogP contribution >= 0.6 is 0 Å². The van der Waals surface area contributed by atoms with Crippen LogP contribution in [0.25, 0.3) is 0 Å². The molecule has 2 aliphatic rings. The number of fused-ring (bicyclic) bond motifs is 1. The Balaban J connectivity index is 1.65. The van der Waals surface area contributed by atoms with Crippen molar-refractivity contribution in [1.82, 2.24) is 0 Å². The van der Waals surface area contributed by atoms with E-state index < -0.39 is 6.10 Å². The Morgan fingerprint density at radius 1 is 1.33 bits per heavy atom. The minimum absolute atomic E-state index is 0.355. The quantitative estimate of drug-likeness (QED) is 0.905. The lowest BCUT2D eigenvalue weighted by molar-refractivity contribution is -0.123. The van der Waals surface area contributed by atoms with Gasteiger partial charge in [-0.3, -0.25) is 4.79 Å². The summed E-state index contributed by atoms with van der Waals surface area (Å²) in [6, 6.07) is 10.1. The molecule has 1 fully saturated rings. The van der Waals surface area contributed by atoms with Gasteiger partial charge in [0.25, 0.3) is 5.91 Å². The Morgan fingerprint density at radius 2 is 2.19 bits per heavy atom. The molecule has 0 spiro atoms. The van der Waals surface area contributed by atoms with Crippen molar-refractivity contribution in [3.05, 3.63) is 47.9 Å². The third kappa shape index (κ3) is 2.19. The summed E-state index contributed by atoms with van der Waals surface area (Å²) in [6.07, 6.45) is 2.98. The summed E-state index contributed by atoms with van der Waals surface area (Å²) >= 11 is 0. The van der Waals surface area contributed by atoms with Crippen molar-refractivity contribution in [1.29, 1.82) is 0 Å². The van der Waals surface area contributed by atoms with Gasteiger partial charge in [0.05, 0.1) is 12.8 Å². The molecule has 1 atom stereocenters. The number of carbonyl (C=O) groups is 1. The van der Waals surface area contributed by atoms with Crippen LogP contribution in [0, 0.1) is 0 Å². The van der Waals surface area contributed by atoms with Crippen LogP contribution in [0.15, 0.2) is 41.0 Å². The van der Waals surface area contributed by atoms with E-state index in [1.807, 2.05) is 30.3 Å². The van der Waals surface area contributed by atoms with Crippen molar-refractivity contribution in [2.24, 2.45) is 0 Å². The highest BCUT2D eigenvalue weighted by molar-refractivity contribution is 6.02. The highest BCUT2D eigenvalue weighted by atomic mass is 16.3. The molecule has 0 radical (unpaired) electrons. The molecule has 5 heteroatoms. The highest BCUT2D eigenvalue weighted by Crippen LogP contribution is 2.38. The van der Waals surface area contributed by atoms with Gasteiger partial charge in [-0.2, -0.15) is 0 Å². The van der Waals surface area contributed by atoms with Gasteiger partial charge in [0.2, 0.25) is 0 Å². The molecule has 2 heterocycles. The highest BCUT2D eigenvalue weighted by Gasteiger charge is 2.32. The number of aliphatic hydroxyl groups is 1. The lowest BCUT2D eigenvalue weighted by Crippen LogP contribution is -2.24. The minimum Gasteiger partial charge on any atom is -0.467 e. The maximum atomic E-state index is 11.5. The number of nitrogens with zero attached hydrogens (tertiary/aromatic N) is 1. The maximum Gasteiger partial charge on any atom is 0.257 e. The van der Waals surface area contributed by atoms with E-state index in [2.05, 4.69) is 10.2 Å². The SMILES string of the molecule is O=C1Nc2cc(N(Cc3ccco3)C3CC3)ccc2C1O. The third-order valence-electron chi connectivity index (χ3n) is 4.06. The molecule has 5 nitrogen and oxygen atoms in total. The number of nitrogens with one attached hydrogen (secondary N) is 1. The summed E-state index contributed by atoms with van der Waals surface area (Å²) in [5.74, 6) is 0.567. The molecule has 21 heavy (non-hydrogen) atoms. The van der Waals surface area contributed by atoms with E-state index in [4.69, 9.17) is 4.42 Å². The molecule has 1 saturated carbocycles. The molecule has 108 valence electrons. The first-order valence-corrected chi connectivity index (χ1v) is 7.14. The zero-order valence-corrected chi connectivity index (χ0v) is 11.5. The van der Waals surface area contributed by atoms with Crippen LogP contribution in [0.1, 0.15) is 30.3 Å². The van der Waals surface area contributed by atoms with Crippen LogP contribution in [0.2, 0.25) is 0 Å². The van der Waals surface area contributed by atoms with Gasteiger partial charge in [-0.05, 0) is 37.1 Å². The number of benzene rings is 1. The molecule has 1 unspecified atom stereocenters. The fourth-order valence-corrected chi connectivity index (χ4v) is 2.80. The smallest absolute Gasteiger partial charge is 0.257 e. The fourth-order valence-electron chi connectivity index (χ4n) is 2.80. The van der Waals surface area contributed by atoms with Crippen molar-refractivity contribution in [2.45, 2.75) is 31.5 Å². The van der Waals surface area contributed by atoms with E-state index in [9.17, 15) is 9.90 Å². The van der Waals surface area contributed by atoms with Crippen LogP contribution in [0.5, 0.6) is 0 Å². The van der Waals surface area contributed by atoms with Gasteiger partial charge in [0.1, 0.15) is 5.76 Å². The van der Waals surface area contributed by atoms with Gasteiger partial charge < -0.3 is 19.7 Å². The molecular weight excluding hydrogens is 268 g/mol. The lowest BCUT2D eigenvalue weighted by atomic mass is 10.1. The zero-order valence-electron chi connectivity index (χ0n) is 11.5. The van der Waals surface area contributed by atoms with Gasteiger partial charge in [-0.1, -0.05) is 6.07 Å². The Hall–Kier alpha value is -2.27. The van der Waals surface area contributed by atoms with E-state index in [1.165, 1.54) is 12.8 Å². The van der Waals surface area contributed by atoms with E-state index in [0.717, 1.165) is 11.4 Å². The number of anilines is 2. The van der Waals surface area contributed by atoms with Gasteiger partial charge in [-0.25, -0.2) is 0 Å². The summed E-state index contributed by atoms with van der Waals surface area (Å²) in [5.41, 5.74) is 2.40. The monoisotopic (exact) mass is 284 g/mol. The summed E-state index contributed by atoms with van der Waals surface area (Å²) in [4.78, 5) is 13.8. The third-order valence-corrected chi connectivity index (χ3v) is 4.06. The number of aliphatic hydroxyl groups excluding tert-OH is 1. The van der Waals surface area contributed by atoms with Crippen molar-refractivity contribution in [2.75, 3.05) is 10.2 Å². The predicted octanol–water partition coefficient (Wildman–Crippen LogP) is 2.43. The molecule has 1 aromatic heterocycles. The standard InChI is InChI=1S/C16H16N2O3/c19-15-13-6-5-11(8-14(13)17-16(15)20)18(10-3-4-10)9-12-2-1-7-21-12/h1-2,5-8,10,15,19H,3-4,9H2,(H,17,20). The summed E-state index contributed by atoms with van der Waals surface area (Å²) in [5, 5.41) is 12.5. The number of amides is 1. The molecule has 1 aromatic carbocycles. The van der Waals surface area contributed by atoms with Gasteiger partial charge >= 0.3 is 0 Å². The minimum atomic E-state index is -1.05. The average Bonchev–Trinajstić information content (AvgIpc) is 3.12. The van der Waals surface area contributed by atoms with Crippen LogP contribution in [0.3, 0.4) is 0 Å². The molecule has 0 bridgehead atoms. The van der Waals surface area contributed by atoms with Crippen LogP contribution in [0.4, 0.5) is 11.4 Å². The first kappa shape index (κ1) is 12.5. The van der Waals surface area contributed by atoms with Gasteiger partial charge in [0.15, 0.2) is 6.10 Å². The average molecular weight is 284 g/mol. The Morgan fingerprint density at radius 3 is 2.90 bits per heavy atom. The van der Waals surface area contributed by atoms with Gasteiger partial charge in [0, 0.05) is 23.0 Å². The van der Waals surface area contributed by atoms with Crippen molar-refractivity contribution in [3.8, 4) is 0 Å². The fraction of sp³-hybridized carbons (Fsp3) is 0.312. The van der Waals surface area contributed by atoms with E-state index >= 15 is 0 Å². The van der Waals surface area contributed by atoms with Crippen LogP contribution < -0.4 is 10.2 Å². The molecule has 2 N–H and O–H groups in total. The topological polar surface area (TPSA) is 65.7 Å². The summed E-state index contributed by atoms with van der Waals surface area (Å²) in [6.45, 7) is 0.715. The Labute approximate surface area is 122 Å². The van der Waals surface area contributed by atoms with Crippen molar-refractivity contribution < 1.29 is 14.3 Å². The number of furan rings is 1. The maximum absolute atomic E-state index is 11.5. The number of carbonyl (C=O) groups excluding carboxylic acids is 1. The van der Waals surface area contributed by atoms with Crippen LogP contribution in [-0.2, 0) is 11.3 Å². The molecule has 1 aliphatic carbocycles. The normalized spacial score (nSPS) is 20.2. The predicted molar refractivity (Wildman–Crippen MR) is 77.9 cm³/mol. The first-order valence-electron chi connectivity index (χ1n) is 7.14. The van der Waals surface area contributed by atoms with E-state index in [1.54, 1.807) is 6.26 Å². The molecule has 4 rings (SSSR count). The van der Waals surface area contributed by atoms with Crippen molar-refractivity contribution in [3.63, 3.8) is 0 Å². The molecular formula is C16H16N2O3. The van der Waals surface area contributed by atoms with Crippen molar-refractivity contribution >= 4 is 17.3 Å². The number of hydrogen-bond acceptors (Lipinski definition) is 4. The first-order chi connectivity index (χ1) is 10.2. The second-order valence-electron chi connectivity index (χ2n) is 5.60. The zero-order chi connectivity index (χ0) is 14.4. The van der Waals surface area contributed by atoms with Crippen LogP contribution in [-0.4, -0.2) is 17.1 Å². The second-order valence-corrected chi connectivity index (χ2v) is 5.60.